The molecule has 4 nitrogen and oxygen atoms in total. The van der Waals surface area contributed by atoms with Crippen molar-refractivity contribution in [2.24, 2.45) is 0 Å². The second-order valence-electron chi connectivity index (χ2n) is 25.0. The maximum Gasteiger partial charge on any atom is 0.0547 e. The monoisotopic (exact) mass is 1220 g/mol. The summed E-state index contributed by atoms with van der Waals surface area (Å²) in [5, 5.41) is 20.5. The van der Waals surface area contributed by atoms with Crippen molar-refractivity contribution in [3.05, 3.63) is 340 Å². The Kier molecular flexibility index (Phi) is 11.9. The van der Waals surface area contributed by atoms with Crippen molar-refractivity contribution in [2.75, 3.05) is 0 Å². The second kappa shape index (κ2) is 21.1. The SMILES string of the molecule is c1ccc(-n2c3ccccc3c3ccc(-c4cccc5c4c4ccccc4n5-c4ccc5c6ccccc6c6ccccc6c5c4)cc32)cc1.c1ccc(-n2c3ccccc3c3ccc(-c4cccc5c4c4ccccc4n5-c4ccc5sc6ccccc6c5c4)cc32)cc1. The molecule has 0 saturated heterocycles. The van der Waals surface area contributed by atoms with Gasteiger partial charge in [0.15, 0.2) is 0 Å². The lowest BCUT2D eigenvalue weighted by Gasteiger charge is -2.14. The van der Waals surface area contributed by atoms with E-state index in [4.69, 9.17) is 0 Å². The van der Waals surface area contributed by atoms with Crippen LogP contribution in [0, 0.1) is 0 Å². The summed E-state index contributed by atoms with van der Waals surface area (Å²) in [6.07, 6.45) is 0. The third kappa shape index (κ3) is 8.13. The zero-order valence-electron chi connectivity index (χ0n) is 51.5. The number of thiophene rings is 1. The second-order valence-corrected chi connectivity index (χ2v) is 26.1. The van der Waals surface area contributed by atoms with Crippen LogP contribution in [-0.4, -0.2) is 18.3 Å². The van der Waals surface area contributed by atoms with Crippen LogP contribution < -0.4 is 0 Å². The molecule has 0 spiro atoms. The number of fused-ring (bicyclic) bond motifs is 21. The first-order chi connectivity index (χ1) is 47.2. The van der Waals surface area contributed by atoms with Gasteiger partial charge in [-0.15, -0.1) is 11.3 Å². The minimum Gasteiger partial charge on any atom is -0.309 e. The fraction of sp³-hybridized carbons (Fsp3) is 0. The van der Waals surface area contributed by atoms with Crippen molar-refractivity contribution in [1.29, 1.82) is 0 Å². The molecule has 21 rings (SSSR count). The minimum absolute atomic E-state index is 1.17. The molecule has 21 aromatic rings. The standard InChI is InChI=1S/C48H30N2.C42H26N2S/c1-2-13-32(14-3-1)49-44-22-10-8-19-40(44)41-27-25-31(29-47(41)49)34-21-12-24-46-48(34)42-20-9-11-23-45(42)50(46)33-26-28-39-37-17-5-4-15-35(37)36-16-6-7-18-38(36)43(39)30-33;1-2-11-28(12-3-1)43-36-17-7-4-13-31(36)32-23-21-27(25-39(32)43)30-16-10-19-38-42(30)34-15-5-8-18-37(34)44(38)29-22-24-41-35(26-29)33-14-6-9-20-40(33)45-41/h1-30H;1-26H. The van der Waals surface area contributed by atoms with E-state index in [2.05, 4.69) is 358 Å². The van der Waals surface area contributed by atoms with Gasteiger partial charge in [0.05, 0.1) is 44.1 Å². The van der Waals surface area contributed by atoms with Crippen molar-refractivity contribution in [2.45, 2.75) is 0 Å². The van der Waals surface area contributed by atoms with Gasteiger partial charge in [-0.05, 0) is 164 Å². The largest absolute Gasteiger partial charge is 0.309 e. The Hall–Kier alpha value is -12.3. The third-order valence-corrected chi connectivity index (χ3v) is 21.1. The lowest BCUT2D eigenvalue weighted by Crippen LogP contribution is -1.95. The number of nitrogens with zero attached hydrogens (tertiary/aromatic N) is 4. The summed E-state index contributed by atoms with van der Waals surface area (Å²) in [6, 6.07) is 124. The molecule has 5 heteroatoms. The molecule has 0 amide bonds. The Labute approximate surface area is 550 Å². The number of para-hydroxylation sites is 6. The van der Waals surface area contributed by atoms with E-state index in [-0.39, 0.29) is 0 Å². The van der Waals surface area contributed by atoms with E-state index in [1.165, 1.54) is 185 Å². The lowest BCUT2D eigenvalue weighted by atomic mass is 9.94. The maximum atomic E-state index is 2.46. The molecule has 5 heterocycles. The molecule has 0 fully saturated rings. The van der Waals surface area contributed by atoms with Gasteiger partial charge >= 0.3 is 0 Å². The van der Waals surface area contributed by atoms with Crippen LogP contribution in [0.1, 0.15) is 0 Å². The lowest BCUT2D eigenvalue weighted by molar-refractivity contribution is 1.18. The van der Waals surface area contributed by atoms with Crippen LogP contribution in [-0.2, 0) is 0 Å². The van der Waals surface area contributed by atoms with Crippen molar-refractivity contribution in [3.8, 4) is 45.0 Å². The molecule has 442 valence electrons. The zero-order chi connectivity index (χ0) is 62.2. The van der Waals surface area contributed by atoms with E-state index in [1.807, 2.05) is 11.3 Å². The van der Waals surface area contributed by atoms with Crippen LogP contribution in [0.25, 0.3) is 185 Å². The summed E-state index contributed by atoms with van der Waals surface area (Å²) in [6.45, 7) is 0. The van der Waals surface area contributed by atoms with Gasteiger partial charge in [0, 0.05) is 86.0 Å². The van der Waals surface area contributed by atoms with Gasteiger partial charge in [-0.2, -0.15) is 0 Å². The average Bonchev–Trinajstić information content (AvgIpc) is 1.80. The van der Waals surface area contributed by atoms with E-state index in [1.54, 1.807) is 0 Å². The van der Waals surface area contributed by atoms with Crippen LogP contribution in [0.4, 0.5) is 0 Å². The molecule has 0 atom stereocenters. The van der Waals surface area contributed by atoms with E-state index in [9.17, 15) is 0 Å². The summed E-state index contributed by atoms with van der Waals surface area (Å²) in [5.74, 6) is 0. The molecule has 0 N–H and O–H groups in total. The van der Waals surface area contributed by atoms with Crippen molar-refractivity contribution in [3.63, 3.8) is 0 Å². The number of rotatable bonds is 6. The van der Waals surface area contributed by atoms with Crippen molar-refractivity contribution in [1.82, 2.24) is 18.3 Å². The first-order valence-corrected chi connectivity index (χ1v) is 33.5. The molecular weight excluding hydrogens is 1170 g/mol. The summed E-state index contributed by atoms with van der Waals surface area (Å²) in [5.41, 5.74) is 19.3. The molecule has 0 radical (unpaired) electrons. The maximum absolute atomic E-state index is 2.46. The van der Waals surface area contributed by atoms with Crippen molar-refractivity contribution < 1.29 is 0 Å². The average molecular weight is 1230 g/mol. The first-order valence-electron chi connectivity index (χ1n) is 32.6. The summed E-state index contributed by atoms with van der Waals surface area (Å²) in [7, 11) is 0. The topological polar surface area (TPSA) is 19.7 Å². The molecule has 95 heavy (non-hydrogen) atoms. The van der Waals surface area contributed by atoms with Gasteiger partial charge in [0.2, 0.25) is 0 Å². The molecule has 0 unspecified atom stereocenters. The number of hydrogen-bond donors (Lipinski definition) is 0. The zero-order valence-corrected chi connectivity index (χ0v) is 52.3. The van der Waals surface area contributed by atoms with Crippen LogP contribution in [0.15, 0.2) is 340 Å². The molecule has 0 aliphatic heterocycles. The van der Waals surface area contributed by atoms with E-state index >= 15 is 0 Å². The Balaban J connectivity index is 0.000000131. The van der Waals surface area contributed by atoms with E-state index in [0.29, 0.717) is 0 Å². The predicted molar refractivity (Wildman–Crippen MR) is 407 cm³/mol. The number of aromatic nitrogens is 4. The smallest absolute Gasteiger partial charge is 0.0547 e. The molecule has 0 aliphatic rings. The highest BCUT2D eigenvalue weighted by molar-refractivity contribution is 7.25. The fourth-order valence-corrected chi connectivity index (χ4v) is 17.0. The molecular formula is C90H56N4S. The van der Waals surface area contributed by atoms with Gasteiger partial charge < -0.3 is 18.3 Å². The van der Waals surface area contributed by atoms with Crippen LogP contribution in [0.2, 0.25) is 0 Å². The van der Waals surface area contributed by atoms with Crippen molar-refractivity contribution >= 4 is 151 Å². The quantitative estimate of drug-likeness (QED) is 0.148. The Bertz CT molecular complexity index is 6680. The molecule has 0 aliphatic carbocycles. The number of hydrogen-bond acceptors (Lipinski definition) is 1. The van der Waals surface area contributed by atoms with Gasteiger partial charge in [0.1, 0.15) is 0 Å². The van der Waals surface area contributed by atoms with Gasteiger partial charge in [-0.25, -0.2) is 0 Å². The predicted octanol–water partition coefficient (Wildman–Crippen LogP) is 24.9. The normalized spacial score (nSPS) is 12.0. The Morgan fingerprint density at radius 1 is 0.168 bits per heavy atom. The summed E-state index contributed by atoms with van der Waals surface area (Å²) >= 11 is 1.87. The van der Waals surface area contributed by atoms with Crippen LogP contribution >= 0.6 is 11.3 Å². The van der Waals surface area contributed by atoms with E-state index < -0.39 is 0 Å². The summed E-state index contributed by atoms with van der Waals surface area (Å²) < 4.78 is 12.4. The molecule has 0 bridgehead atoms. The van der Waals surface area contributed by atoms with Gasteiger partial charge in [-0.1, -0.05) is 231 Å². The first kappa shape index (κ1) is 53.4. The number of benzene rings is 16. The Morgan fingerprint density at radius 3 is 0.989 bits per heavy atom. The van der Waals surface area contributed by atoms with Crippen LogP contribution in [0.3, 0.4) is 0 Å². The van der Waals surface area contributed by atoms with Gasteiger partial charge in [-0.3, -0.25) is 0 Å². The molecule has 0 saturated carbocycles. The van der Waals surface area contributed by atoms with Crippen LogP contribution in [0.5, 0.6) is 0 Å². The minimum atomic E-state index is 1.17. The highest BCUT2D eigenvalue weighted by atomic mass is 32.1. The fourth-order valence-electron chi connectivity index (χ4n) is 16.0. The van der Waals surface area contributed by atoms with E-state index in [0.717, 1.165) is 0 Å². The van der Waals surface area contributed by atoms with Gasteiger partial charge in [0.25, 0.3) is 0 Å². The Morgan fingerprint density at radius 2 is 0.495 bits per heavy atom. The molecule has 16 aromatic carbocycles. The third-order valence-electron chi connectivity index (χ3n) is 20.0. The summed E-state index contributed by atoms with van der Waals surface area (Å²) in [4.78, 5) is 0. The highest BCUT2D eigenvalue weighted by Gasteiger charge is 2.22. The molecule has 5 aromatic heterocycles. The highest BCUT2D eigenvalue weighted by Crippen LogP contribution is 2.46.